The molecular formula is C56H35N3O2S. The van der Waals surface area contributed by atoms with Crippen molar-refractivity contribution in [3.8, 4) is 22.3 Å². The molecular weight excluding hydrogens is 779 g/mol. The van der Waals surface area contributed by atoms with E-state index in [9.17, 15) is 0 Å². The minimum Gasteiger partial charge on any atom is -0.456 e. The summed E-state index contributed by atoms with van der Waals surface area (Å²) in [6.45, 7) is 4.35. The number of benzene rings is 9. The van der Waals surface area contributed by atoms with E-state index < -0.39 is 0 Å². The highest BCUT2D eigenvalue weighted by Crippen LogP contribution is 2.46. The Morgan fingerprint density at radius 1 is 0.484 bits per heavy atom. The van der Waals surface area contributed by atoms with E-state index in [0.717, 1.165) is 82.8 Å². The molecule has 9 aromatic carbocycles. The quantitative estimate of drug-likeness (QED) is 0.124. The molecule has 0 atom stereocenters. The van der Waals surface area contributed by atoms with Crippen molar-refractivity contribution in [2.75, 3.05) is 0 Å². The Hall–Kier alpha value is -7.93. The standard InChI is InChI=1S/C56H35N3O2S/c1-57-55(38-27-25-36(26-28-38)35-12-3-2-4-13-35)59-56(58-33-34-24-30-41-40-16-7-8-20-46(40)60-49(41)32-34)45-19-10-22-48-53(45)52-43(17-9-21-47(52)61-48)42-18-11-23-50-51(42)44-31-29-37-14-5-6-15-39(37)54(44)62-50/h2-32H,1,33H2. The van der Waals surface area contributed by atoms with Gasteiger partial charge in [-0.15, -0.1) is 11.3 Å². The molecule has 0 saturated heterocycles. The van der Waals surface area contributed by atoms with Crippen LogP contribution in [-0.4, -0.2) is 18.4 Å². The number of rotatable bonds is 6. The molecule has 0 aliphatic carbocycles. The van der Waals surface area contributed by atoms with Crippen LogP contribution in [0.1, 0.15) is 16.7 Å². The fraction of sp³-hybridized carbons (Fsp3) is 0.0179. The van der Waals surface area contributed by atoms with Gasteiger partial charge in [-0.05, 0) is 75.6 Å². The summed E-state index contributed by atoms with van der Waals surface area (Å²) in [5, 5.41) is 9.12. The van der Waals surface area contributed by atoms with Crippen LogP contribution < -0.4 is 0 Å². The highest BCUT2D eigenvalue weighted by Gasteiger charge is 2.21. The van der Waals surface area contributed by atoms with Gasteiger partial charge in [0.15, 0.2) is 11.7 Å². The monoisotopic (exact) mass is 813 g/mol. The van der Waals surface area contributed by atoms with Crippen LogP contribution in [-0.2, 0) is 6.54 Å². The number of fused-ring (bicyclic) bond motifs is 11. The van der Waals surface area contributed by atoms with Crippen LogP contribution in [0, 0.1) is 0 Å². The van der Waals surface area contributed by atoms with Crippen molar-refractivity contribution in [1.82, 2.24) is 0 Å². The predicted octanol–water partition coefficient (Wildman–Crippen LogP) is 15.4. The fourth-order valence-corrected chi connectivity index (χ4v) is 10.3. The molecule has 5 nitrogen and oxygen atoms in total. The van der Waals surface area contributed by atoms with Crippen LogP contribution in [0.5, 0.6) is 0 Å². The first kappa shape index (κ1) is 36.0. The van der Waals surface area contributed by atoms with Crippen LogP contribution in [0.3, 0.4) is 0 Å². The zero-order valence-corrected chi connectivity index (χ0v) is 34.2. The average Bonchev–Trinajstić information content (AvgIpc) is 4.03. The summed E-state index contributed by atoms with van der Waals surface area (Å²) >= 11 is 1.85. The molecule has 0 bridgehead atoms. The van der Waals surface area contributed by atoms with Gasteiger partial charge in [-0.25, -0.2) is 9.98 Å². The zero-order valence-electron chi connectivity index (χ0n) is 33.4. The first-order valence-corrected chi connectivity index (χ1v) is 21.4. The highest BCUT2D eigenvalue weighted by molar-refractivity contribution is 7.26. The van der Waals surface area contributed by atoms with E-state index in [-0.39, 0.29) is 0 Å². The largest absolute Gasteiger partial charge is 0.456 e. The minimum atomic E-state index is 0.358. The number of furan rings is 2. The van der Waals surface area contributed by atoms with E-state index in [1.807, 2.05) is 72.0 Å². The second kappa shape index (κ2) is 14.7. The lowest BCUT2D eigenvalue weighted by molar-refractivity contribution is 0.668. The molecule has 6 heteroatoms. The second-order valence-electron chi connectivity index (χ2n) is 15.5. The second-order valence-corrected chi connectivity index (χ2v) is 16.6. The summed E-state index contributed by atoms with van der Waals surface area (Å²) in [6.07, 6.45) is 0. The van der Waals surface area contributed by atoms with Crippen LogP contribution in [0.25, 0.3) is 97.1 Å². The first-order valence-electron chi connectivity index (χ1n) is 20.6. The number of amidine groups is 2. The number of para-hydroxylation sites is 1. The minimum absolute atomic E-state index is 0.358. The van der Waals surface area contributed by atoms with E-state index in [2.05, 4.69) is 139 Å². The zero-order chi connectivity index (χ0) is 41.1. The van der Waals surface area contributed by atoms with E-state index in [1.165, 1.54) is 30.9 Å². The van der Waals surface area contributed by atoms with Gasteiger partial charge >= 0.3 is 0 Å². The number of nitrogens with zero attached hydrogens (tertiary/aromatic N) is 3. The Morgan fingerprint density at radius 2 is 1.15 bits per heavy atom. The third-order valence-electron chi connectivity index (χ3n) is 11.9. The Balaban J connectivity index is 1.06. The summed E-state index contributed by atoms with van der Waals surface area (Å²) in [7, 11) is 0. The van der Waals surface area contributed by atoms with Crippen molar-refractivity contribution in [3.05, 3.63) is 205 Å². The SMILES string of the molecule is C=NC(=NC(=NCc1ccc2c(c1)oc1ccccc12)c1cccc2oc3cccc(-c4cccc5sc6c7ccccc7ccc6c45)c3c12)c1ccc(-c2ccccc2)cc1. The van der Waals surface area contributed by atoms with Gasteiger partial charge in [-0.2, -0.15) is 0 Å². The van der Waals surface area contributed by atoms with E-state index in [0.29, 0.717) is 18.2 Å². The van der Waals surface area contributed by atoms with Crippen LogP contribution in [0.4, 0.5) is 0 Å². The normalized spacial score (nSPS) is 12.5. The molecule has 0 fully saturated rings. The van der Waals surface area contributed by atoms with Gasteiger partial charge in [0, 0.05) is 52.8 Å². The lowest BCUT2D eigenvalue weighted by Crippen LogP contribution is -2.06. The van der Waals surface area contributed by atoms with Crippen LogP contribution in [0.15, 0.2) is 212 Å². The highest BCUT2D eigenvalue weighted by atomic mass is 32.1. The van der Waals surface area contributed by atoms with Crippen LogP contribution in [0.2, 0.25) is 0 Å². The van der Waals surface area contributed by atoms with Crippen LogP contribution >= 0.6 is 11.3 Å². The van der Waals surface area contributed by atoms with Crippen molar-refractivity contribution in [2.24, 2.45) is 15.0 Å². The lowest BCUT2D eigenvalue weighted by atomic mass is 9.93. The molecule has 292 valence electrons. The van der Waals surface area contributed by atoms with Gasteiger partial charge < -0.3 is 8.83 Å². The predicted molar refractivity (Wildman–Crippen MR) is 261 cm³/mol. The molecule has 0 unspecified atom stereocenters. The van der Waals surface area contributed by atoms with Crippen molar-refractivity contribution < 1.29 is 8.83 Å². The van der Waals surface area contributed by atoms with E-state index >= 15 is 0 Å². The summed E-state index contributed by atoms with van der Waals surface area (Å²) < 4.78 is 15.5. The molecule has 0 saturated carbocycles. The maximum Gasteiger partial charge on any atom is 0.161 e. The van der Waals surface area contributed by atoms with E-state index in [4.69, 9.17) is 18.8 Å². The molecule has 0 N–H and O–H groups in total. The van der Waals surface area contributed by atoms with Crippen molar-refractivity contribution in [2.45, 2.75) is 6.54 Å². The molecule has 0 amide bonds. The third kappa shape index (κ3) is 5.95. The van der Waals surface area contributed by atoms with Gasteiger partial charge in [0.05, 0.1) is 6.54 Å². The number of hydrogen-bond donors (Lipinski definition) is 0. The molecule has 0 spiro atoms. The molecule has 3 heterocycles. The van der Waals surface area contributed by atoms with Gasteiger partial charge in [0.1, 0.15) is 22.3 Å². The molecule has 0 aliphatic rings. The van der Waals surface area contributed by atoms with Crippen molar-refractivity contribution in [3.63, 3.8) is 0 Å². The number of thiophene rings is 1. The topological polar surface area (TPSA) is 63.4 Å². The average molecular weight is 814 g/mol. The third-order valence-corrected chi connectivity index (χ3v) is 13.1. The van der Waals surface area contributed by atoms with Crippen molar-refractivity contribution in [1.29, 1.82) is 0 Å². The smallest absolute Gasteiger partial charge is 0.161 e. The summed E-state index contributed by atoms with van der Waals surface area (Å²) in [5.74, 6) is 1.00. The summed E-state index contributed by atoms with van der Waals surface area (Å²) in [5.41, 5.74) is 10.4. The Labute approximate surface area is 360 Å². The maximum absolute atomic E-state index is 6.71. The summed E-state index contributed by atoms with van der Waals surface area (Å²) in [6, 6.07) is 65.3. The molecule has 0 aliphatic heterocycles. The maximum atomic E-state index is 6.71. The molecule has 12 aromatic rings. The Bertz CT molecular complexity index is 3800. The Morgan fingerprint density at radius 3 is 2.00 bits per heavy atom. The first-order chi connectivity index (χ1) is 30.7. The molecule has 3 aromatic heterocycles. The van der Waals surface area contributed by atoms with E-state index in [1.54, 1.807) is 0 Å². The summed E-state index contributed by atoms with van der Waals surface area (Å²) in [4.78, 5) is 15.1. The van der Waals surface area contributed by atoms with Crippen molar-refractivity contribution >= 4 is 105 Å². The van der Waals surface area contributed by atoms with Gasteiger partial charge in [-0.3, -0.25) is 4.99 Å². The lowest BCUT2D eigenvalue weighted by Gasteiger charge is -2.10. The molecule has 0 radical (unpaired) electrons. The number of aliphatic imine (C=N–C) groups is 3. The van der Waals surface area contributed by atoms with Gasteiger partial charge in [-0.1, -0.05) is 158 Å². The molecule has 62 heavy (non-hydrogen) atoms. The van der Waals surface area contributed by atoms with Gasteiger partial charge in [0.2, 0.25) is 0 Å². The Kier molecular flexibility index (Phi) is 8.50. The number of hydrogen-bond acceptors (Lipinski definition) is 4. The van der Waals surface area contributed by atoms with Gasteiger partial charge in [0.25, 0.3) is 0 Å². The fourth-order valence-electron chi connectivity index (χ4n) is 9.01. The molecule has 12 rings (SSSR count).